The molecule has 0 fully saturated rings. The number of furan rings is 1. The first-order valence-electron chi connectivity index (χ1n) is 8.24. The van der Waals surface area contributed by atoms with Gasteiger partial charge in [0.1, 0.15) is 29.6 Å². The average molecular weight is 405 g/mol. The van der Waals surface area contributed by atoms with E-state index in [0.29, 0.717) is 27.9 Å². The Labute approximate surface area is 164 Å². The Morgan fingerprint density at radius 1 is 1.07 bits per heavy atom. The van der Waals surface area contributed by atoms with Crippen LogP contribution in [0.25, 0.3) is 6.08 Å². The van der Waals surface area contributed by atoms with E-state index in [1.54, 1.807) is 30.3 Å². The second-order valence-electron chi connectivity index (χ2n) is 5.62. The molecule has 28 heavy (non-hydrogen) atoms. The van der Waals surface area contributed by atoms with Crippen molar-refractivity contribution in [2.75, 3.05) is 0 Å². The summed E-state index contributed by atoms with van der Waals surface area (Å²) in [6, 6.07) is 16.0. The van der Waals surface area contributed by atoms with Crippen LogP contribution in [0.2, 0.25) is 5.02 Å². The molecule has 2 aromatic carbocycles. The Kier molecular flexibility index (Phi) is 6.45. The van der Waals surface area contributed by atoms with E-state index < -0.39 is 6.61 Å². The van der Waals surface area contributed by atoms with Crippen molar-refractivity contribution >= 4 is 23.5 Å². The van der Waals surface area contributed by atoms with Crippen LogP contribution in [0.5, 0.6) is 11.5 Å². The van der Waals surface area contributed by atoms with Gasteiger partial charge in [-0.15, -0.1) is 0 Å². The Balaban J connectivity index is 1.57. The van der Waals surface area contributed by atoms with Crippen molar-refractivity contribution in [1.29, 1.82) is 0 Å². The SMILES string of the molecule is O=C(/C=C/c1ccc(COc2ccccc2Cl)o1)c1ccc(OC(F)F)cc1. The molecule has 0 saturated heterocycles. The zero-order valence-electron chi connectivity index (χ0n) is 14.5. The number of hydrogen-bond donors (Lipinski definition) is 0. The van der Waals surface area contributed by atoms with E-state index in [0.717, 1.165) is 0 Å². The van der Waals surface area contributed by atoms with Crippen LogP contribution in [0.1, 0.15) is 21.9 Å². The van der Waals surface area contributed by atoms with E-state index in [2.05, 4.69) is 4.74 Å². The molecule has 0 radical (unpaired) electrons. The first-order chi connectivity index (χ1) is 13.5. The van der Waals surface area contributed by atoms with Crippen molar-refractivity contribution in [2.45, 2.75) is 13.2 Å². The monoisotopic (exact) mass is 404 g/mol. The molecule has 0 amide bonds. The van der Waals surface area contributed by atoms with Gasteiger partial charge in [-0.05, 0) is 60.7 Å². The molecular weight excluding hydrogens is 390 g/mol. The van der Waals surface area contributed by atoms with Gasteiger partial charge in [-0.1, -0.05) is 23.7 Å². The number of carbonyl (C=O) groups is 1. The van der Waals surface area contributed by atoms with E-state index in [1.807, 2.05) is 6.07 Å². The number of ketones is 1. The predicted molar refractivity (Wildman–Crippen MR) is 101 cm³/mol. The fourth-order valence-corrected chi connectivity index (χ4v) is 2.52. The molecule has 0 atom stereocenters. The Bertz CT molecular complexity index is 965. The van der Waals surface area contributed by atoms with Gasteiger partial charge in [-0.3, -0.25) is 4.79 Å². The number of hydrogen-bond acceptors (Lipinski definition) is 4. The molecule has 0 N–H and O–H groups in total. The van der Waals surface area contributed by atoms with Gasteiger partial charge in [0, 0.05) is 5.56 Å². The highest BCUT2D eigenvalue weighted by molar-refractivity contribution is 6.32. The van der Waals surface area contributed by atoms with Gasteiger partial charge in [0.2, 0.25) is 0 Å². The number of benzene rings is 2. The van der Waals surface area contributed by atoms with E-state index >= 15 is 0 Å². The molecular formula is C21H15ClF2O4. The van der Waals surface area contributed by atoms with Crippen molar-refractivity contribution in [1.82, 2.24) is 0 Å². The van der Waals surface area contributed by atoms with E-state index in [-0.39, 0.29) is 18.1 Å². The highest BCUT2D eigenvalue weighted by Gasteiger charge is 2.07. The molecule has 0 spiro atoms. The third-order valence-corrected chi connectivity index (χ3v) is 3.96. The van der Waals surface area contributed by atoms with E-state index in [1.165, 1.54) is 36.4 Å². The topological polar surface area (TPSA) is 48.7 Å². The lowest BCUT2D eigenvalue weighted by atomic mass is 10.1. The summed E-state index contributed by atoms with van der Waals surface area (Å²) in [6.45, 7) is -2.71. The van der Waals surface area contributed by atoms with Gasteiger partial charge in [0.15, 0.2) is 5.78 Å². The van der Waals surface area contributed by atoms with Crippen molar-refractivity contribution in [3.63, 3.8) is 0 Å². The van der Waals surface area contributed by atoms with Crippen LogP contribution >= 0.6 is 11.6 Å². The zero-order chi connectivity index (χ0) is 19.9. The maximum atomic E-state index is 12.1. The minimum atomic E-state index is -2.91. The number of para-hydroxylation sites is 1. The molecule has 0 saturated carbocycles. The molecule has 0 unspecified atom stereocenters. The summed E-state index contributed by atoms with van der Waals surface area (Å²) >= 11 is 6.02. The number of ether oxygens (including phenoxy) is 2. The maximum Gasteiger partial charge on any atom is 0.387 e. The molecule has 0 aliphatic heterocycles. The van der Waals surface area contributed by atoms with Crippen molar-refractivity contribution in [3.05, 3.63) is 88.8 Å². The Morgan fingerprint density at radius 2 is 1.82 bits per heavy atom. The molecule has 0 aliphatic rings. The number of alkyl halides is 2. The van der Waals surface area contributed by atoms with Crippen LogP contribution in [-0.4, -0.2) is 12.4 Å². The smallest absolute Gasteiger partial charge is 0.387 e. The molecule has 0 aliphatic carbocycles. The summed E-state index contributed by atoms with van der Waals surface area (Å²) in [5, 5.41) is 0.504. The Hall–Kier alpha value is -3.12. The molecule has 3 rings (SSSR count). The van der Waals surface area contributed by atoms with Crippen molar-refractivity contribution < 1.29 is 27.5 Å². The summed E-state index contributed by atoms with van der Waals surface area (Å²) < 4.78 is 39.7. The summed E-state index contributed by atoms with van der Waals surface area (Å²) in [6.07, 6.45) is 2.85. The maximum absolute atomic E-state index is 12.1. The fraction of sp³-hybridized carbons (Fsp3) is 0.0952. The van der Waals surface area contributed by atoms with Crippen molar-refractivity contribution in [3.8, 4) is 11.5 Å². The highest BCUT2D eigenvalue weighted by Crippen LogP contribution is 2.24. The third kappa shape index (κ3) is 5.44. The van der Waals surface area contributed by atoms with Gasteiger partial charge < -0.3 is 13.9 Å². The van der Waals surface area contributed by atoms with Gasteiger partial charge in [-0.2, -0.15) is 8.78 Å². The molecule has 3 aromatic rings. The summed E-state index contributed by atoms with van der Waals surface area (Å²) in [4.78, 5) is 12.1. The zero-order valence-corrected chi connectivity index (χ0v) is 15.2. The Morgan fingerprint density at radius 3 is 2.54 bits per heavy atom. The van der Waals surface area contributed by atoms with E-state index in [9.17, 15) is 13.6 Å². The summed E-state index contributed by atoms with van der Waals surface area (Å²) in [5.41, 5.74) is 0.340. The highest BCUT2D eigenvalue weighted by atomic mass is 35.5. The number of rotatable bonds is 8. The molecule has 1 aromatic heterocycles. The number of carbonyl (C=O) groups excluding carboxylic acids is 1. The first-order valence-corrected chi connectivity index (χ1v) is 8.62. The number of halogens is 3. The lowest BCUT2D eigenvalue weighted by Crippen LogP contribution is -2.02. The van der Waals surface area contributed by atoms with Gasteiger partial charge in [-0.25, -0.2) is 0 Å². The van der Waals surface area contributed by atoms with Crippen molar-refractivity contribution in [2.24, 2.45) is 0 Å². The van der Waals surface area contributed by atoms with Crippen LogP contribution in [0.15, 0.2) is 71.2 Å². The lowest BCUT2D eigenvalue weighted by molar-refractivity contribution is -0.0498. The second kappa shape index (κ2) is 9.19. The lowest BCUT2D eigenvalue weighted by Gasteiger charge is -2.05. The largest absolute Gasteiger partial charge is 0.484 e. The molecule has 1 heterocycles. The molecule has 7 heteroatoms. The quantitative estimate of drug-likeness (QED) is 0.341. The minimum Gasteiger partial charge on any atom is -0.484 e. The summed E-state index contributed by atoms with van der Waals surface area (Å²) in [7, 11) is 0. The molecule has 144 valence electrons. The minimum absolute atomic E-state index is 0.00951. The average Bonchev–Trinajstić information content (AvgIpc) is 3.13. The van der Waals surface area contributed by atoms with Crippen LogP contribution in [0.4, 0.5) is 8.78 Å². The van der Waals surface area contributed by atoms with Gasteiger partial charge in [0.05, 0.1) is 5.02 Å². The van der Waals surface area contributed by atoms with Gasteiger partial charge >= 0.3 is 6.61 Å². The standard InChI is InChI=1S/C21H15ClF2O4/c22-18-3-1-2-4-20(18)26-13-17-10-9-15(27-17)11-12-19(25)14-5-7-16(8-6-14)28-21(23)24/h1-12,21H,13H2/b12-11+. The third-order valence-electron chi connectivity index (χ3n) is 3.65. The normalized spacial score (nSPS) is 11.1. The van der Waals surface area contributed by atoms with Gasteiger partial charge in [0.25, 0.3) is 0 Å². The van der Waals surface area contributed by atoms with Crippen LogP contribution in [0, 0.1) is 0 Å². The van der Waals surface area contributed by atoms with Crippen LogP contribution in [0.3, 0.4) is 0 Å². The number of allylic oxidation sites excluding steroid dienone is 1. The first kappa shape index (κ1) is 19.6. The molecule has 0 bridgehead atoms. The van der Waals surface area contributed by atoms with Crippen LogP contribution in [-0.2, 0) is 6.61 Å². The van der Waals surface area contributed by atoms with Crippen LogP contribution < -0.4 is 9.47 Å². The van der Waals surface area contributed by atoms with E-state index in [4.69, 9.17) is 20.8 Å². The predicted octanol–water partition coefficient (Wildman–Crippen LogP) is 6.01. The summed E-state index contributed by atoms with van der Waals surface area (Å²) in [5.74, 6) is 1.29. The second-order valence-corrected chi connectivity index (χ2v) is 6.03. The molecule has 4 nitrogen and oxygen atoms in total. The fourth-order valence-electron chi connectivity index (χ4n) is 2.33.